The lowest BCUT2D eigenvalue weighted by Crippen LogP contribution is -2.26. The van der Waals surface area contributed by atoms with Crippen molar-refractivity contribution in [1.82, 2.24) is 9.88 Å². The van der Waals surface area contributed by atoms with Gasteiger partial charge in [-0.1, -0.05) is 42.5 Å². The van der Waals surface area contributed by atoms with Gasteiger partial charge in [0.2, 0.25) is 0 Å². The molecule has 1 saturated heterocycles. The number of fused-ring (bicyclic) bond motifs is 1. The number of ether oxygens (including phenoxy) is 2. The molecule has 1 aliphatic rings. The van der Waals surface area contributed by atoms with Crippen LogP contribution in [0.25, 0.3) is 10.8 Å². The summed E-state index contributed by atoms with van der Waals surface area (Å²) in [5.41, 5.74) is 2.92. The van der Waals surface area contributed by atoms with Crippen molar-refractivity contribution in [3.63, 3.8) is 0 Å². The van der Waals surface area contributed by atoms with Crippen molar-refractivity contribution in [2.24, 2.45) is 0 Å². The summed E-state index contributed by atoms with van der Waals surface area (Å²) < 4.78 is 34.4. The quantitative estimate of drug-likeness (QED) is 0.0658. The summed E-state index contributed by atoms with van der Waals surface area (Å²) in [6.45, 7) is 3.43. The first-order valence-electron chi connectivity index (χ1n) is 13.5. The van der Waals surface area contributed by atoms with Crippen LogP contribution in [0.2, 0.25) is 0 Å². The lowest BCUT2D eigenvalue weighted by molar-refractivity contribution is -0.245. The van der Waals surface area contributed by atoms with Crippen LogP contribution in [0.3, 0.4) is 0 Å². The second-order valence-corrected chi connectivity index (χ2v) is 10.6. The molecule has 2 unspecified atom stereocenters. The summed E-state index contributed by atoms with van der Waals surface area (Å²) in [5, 5.41) is 20.2. The van der Waals surface area contributed by atoms with Crippen LogP contribution in [0.1, 0.15) is 25.2 Å². The van der Waals surface area contributed by atoms with Crippen LogP contribution in [0.4, 0.5) is 5.69 Å². The topological polar surface area (TPSA) is 203 Å². The van der Waals surface area contributed by atoms with Gasteiger partial charge in [0.25, 0.3) is 0 Å². The van der Waals surface area contributed by atoms with Gasteiger partial charge in [0.05, 0.1) is 5.56 Å². The Balaban J connectivity index is 0.000000809. The number of esters is 1. The van der Waals surface area contributed by atoms with E-state index in [2.05, 4.69) is 60.9 Å². The third kappa shape index (κ3) is 12.9. The van der Waals surface area contributed by atoms with Gasteiger partial charge in [-0.2, -0.15) is 0 Å². The molecule has 4 aromatic rings. The molecule has 0 amide bonds. The summed E-state index contributed by atoms with van der Waals surface area (Å²) in [5.74, 6) is 0.455. The monoisotopic (exact) mass is 663 g/mol. The maximum atomic E-state index is 12.0. The SMILES string of the molecule is O=C(OCCOc1cccc(CN2CC[C@@H](Nc3cccc4cnccc34)C2)c1)c1ccccc1.O=[P+]([O-])OO.O=[P+]([O-])OO.[HH].[HH]. The van der Waals surface area contributed by atoms with Crippen LogP contribution in [-0.4, -0.2) is 58.7 Å². The average molecular weight is 664 g/mol. The van der Waals surface area contributed by atoms with Crippen LogP contribution in [-0.2, 0) is 29.8 Å². The minimum Gasteiger partial charge on any atom is -0.565 e. The van der Waals surface area contributed by atoms with Crippen molar-refractivity contribution < 1.29 is 55.9 Å². The molecule has 1 fully saturated rings. The first-order valence-corrected chi connectivity index (χ1v) is 15.7. The average Bonchev–Trinajstić information content (AvgIpc) is 3.50. The zero-order valence-corrected chi connectivity index (χ0v) is 25.6. The molecule has 14 nitrogen and oxygen atoms in total. The van der Waals surface area contributed by atoms with Crippen molar-refractivity contribution in [3.05, 3.63) is 102 Å². The molecular weight excluding hydrogens is 628 g/mol. The van der Waals surface area contributed by atoms with E-state index in [0.717, 1.165) is 37.2 Å². The lowest BCUT2D eigenvalue weighted by Gasteiger charge is -2.19. The van der Waals surface area contributed by atoms with Gasteiger partial charge in [0, 0.05) is 66.7 Å². The van der Waals surface area contributed by atoms with Crippen LogP contribution in [0.15, 0.2) is 91.3 Å². The molecule has 3 aromatic carbocycles. The van der Waals surface area contributed by atoms with Crippen molar-refractivity contribution in [1.29, 1.82) is 0 Å². The van der Waals surface area contributed by atoms with E-state index in [9.17, 15) is 4.79 Å². The number of pyridine rings is 1. The van der Waals surface area contributed by atoms with E-state index in [0.29, 0.717) is 18.2 Å². The number of likely N-dealkylation sites (tertiary alicyclic amines) is 1. The van der Waals surface area contributed by atoms with Gasteiger partial charge in [0.1, 0.15) is 19.0 Å². The summed E-state index contributed by atoms with van der Waals surface area (Å²) in [6, 6.07) is 25.9. The Hall–Kier alpha value is -3.94. The molecule has 1 aromatic heterocycles. The fraction of sp³-hybridized carbons (Fsp3) is 0.241. The highest BCUT2D eigenvalue weighted by Crippen LogP contribution is 2.25. The molecule has 1 aliphatic heterocycles. The molecule has 0 aliphatic carbocycles. The van der Waals surface area contributed by atoms with Gasteiger partial charge in [-0.3, -0.25) is 9.88 Å². The first-order chi connectivity index (χ1) is 21.8. The Morgan fingerprint density at radius 3 is 2.40 bits per heavy atom. The van der Waals surface area contributed by atoms with Crippen molar-refractivity contribution in [2.75, 3.05) is 31.6 Å². The van der Waals surface area contributed by atoms with Crippen LogP contribution in [0, 0.1) is 0 Å². The van der Waals surface area contributed by atoms with E-state index in [1.54, 1.807) is 12.1 Å². The zero-order chi connectivity index (χ0) is 32.4. The summed E-state index contributed by atoms with van der Waals surface area (Å²) in [7, 11) is -6.09. The van der Waals surface area contributed by atoms with E-state index in [1.807, 2.05) is 42.7 Å². The van der Waals surface area contributed by atoms with E-state index in [1.165, 1.54) is 16.6 Å². The second kappa shape index (κ2) is 19.4. The molecule has 242 valence electrons. The Morgan fingerprint density at radius 1 is 0.978 bits per heavy atom. The Morgan fingerprint density at radius 2 is 1.69 bits per heavy atom. The Labute approximate surface area is 263 Å². The fourth-order valence-corrected chi connectivity index (χ4v) is 4.51. The van der Waals surface area contributed by atoms with Gasteiger partial charge in [-0.15, -0.1) is 0 Å². The Bertz CT molecular complexity index is 1520. The number of nitrogens with one attached hydrogen (secondary N) is 1. The molecule has 0 spiro atoms. The maximum absolute atomic E-state index is 12.0. The van der Waals surface area contributed by atoms with Gasteiger partial charge < -0.3 is 24.6 Å². The van der Waals surface area contributed by atoms with Crippen molar-refractivity contribution >= 4 is 38.9 Å². The molecule has 3 atom stereocenters. The summed E-state index contributed by atoms with van der Waals surface area (Å²) >= 11 is 0. The maximum Gasteiger partial charge on any atom is 0.521 e. The number of benzene rings is 3. The van der Waals surface area contributed by atoms with Crippen molar-refractivity contribution in [3.8, 4) is 5.75 Å². The number of aromatic nitrogens is 1. The number of hydrogen-bond donors (Lipinski definition) is 3. The second-order valence-electron chi connectivity index (χ2n) is 9.38. The van der Waals surface area contributed by atoms with E-state index in [-0.39, 0.29) is 15.4 Å². The fourth-order valence-electron chi connectivity index (χ4n) is 4.51. The van der Waals surface area contributed by atoms with Crippen LogP contribution in [0.5, 0.6) is 5.75 Å². The van der Waals surface area contributed by atoms with Crippen molar-refractivity contribution in [2.45, 2.75) is 19.0 Å². The van der Waals surface area contributed by atoms with Gasteiger partial charge in [-0.25, -0.2) is 15.3 Å². The molecule has 2 heterocycles. The van der Waals surface area contributed by atoms with Crippen LogP contribution < -0.4 is 19.8 Å². The molecule has 5 rings (SSSR count). The molecule has 0 bridgehead atoms. The number of nitrogens with zero attached hydrogens (tertiary/aromatic N) is 2. The highest BCUT2D eigenvalue weighted by molar-refractivity contribution is 7.30. The van der Waals surface area contributed by atoms with E-state index in [4.69, 9.17) is 38.9 Å². The smallest absolute Gasteiger partial charge is 0.521 e. The largest absolute Gasteiger partial charge is 0.565 e. The van der Waals surface area contributed by atoms with Gasteiger partial charge in [0.15, 0.2) is 0 Å². The molecule has 45 heavy (non-hydrogen) atoms. The third-order valence-corrected chi connectivity index (χ3v) is 6.61. The normalized spacial score (nSPS) is 14.7. The minimum atomic E-state index is -3.04. The number of rotatable bonds is 11. The standard InChI is InChI=1S/C29H29N3O3.2HO4P.2H2/c33-29(23-7-2-1-3-8-23)35-17-16-34-26-10-4-6-22(18-26)20-32-15-13-25(21-32)31-28-11-5-9-24-19-30-14-12-27(24)28;2*1-4-5(2)3;;/h1-12,14,18-19,25,31H,13,15-17,20-21H2;2*1H;2*1H/t25-;;;;/m1..../s1. The lowest BCUT2D eigenvalue weighted by atomic mass is 10.1. The predicted molar refractivity (Wildman–Crippen MR) is 165 cm³/mol. The third-order valence-electron chi connectivity index (χ3n) is 6.35. The highest BCUT2D eigenvalue weighted by atomic mass is 31.1. The minimum absolute atomic E-state index is 0. The van der Waals surface area contributed by atoms with Gasteiger partial charge in [-0.05, 0) is 57.5 Å². The van der Waals surface area contributed by atoms with Crippen LogP contribution >= 0.6 is 16.5 Å². The molecule has 16 heteroatoms. The van der Waals surface area contributed by atoms with Gasteiger partial charge >= 0.3 is 22.5 Å². The predicted octanol–water partition coefficient (Wildman–Crippen LogP) is 4.64. The molecular formula is C29H35N3O11P2. The Kier molecular flexibility index (Phi) is 15.4. The number of anilines is 1. The molecule has 3 N–H and O–H groups in total. The zero-order valence-electron chi connectivity index (χ0n) is 23.8. The van der Waals surface area contributed by atoms with E-state index < -0.39 is 16.5 Å². The number of hydrogen-bond acceptors (Lipinski definition) is 14. The number of carbonyl (C=O) groups excluding carboxylic acids is 1. The van der Waals surface area contributed by atoms with E-state index >= 15 is 0 Å². The molecule has 0 saturated carbocycles. The first kappa shape index (κ1) is 35.5. The summed E-state index contributed by atoms with van der Waals surface area (Å²) in [6.07, 6.45) is 4.85. The number of carbonyl (C=O) groups is 1. The summed E-state index contributed by atoms with van der Waals surface area (Å²) in [4.78, 5) is 36.6. The molecule has 0 radical (unpaired) electrons. The highest BCUT2D eigenvalue weighted by Gasteiger charge is 2.23.